The van der Waals surface area contributed by atoms with E-state index in [-0.39, 0.29) is 0 Å². The SMILES string of the molecule is Cc1cc2cn(C)nc2cc1OCC1CC1. The molecule has 3 nitrogen and oxygen atoms in total. The van der Waals surface area contributed by atoms with Crippen LogP contribution in [-0.4, -0.2) is 16.4 Å². The van der Waals surface area contributed by atoms with E-state index in [0.717, 1.165) is 23.8 Å². The lowest BCUT2D eigenvalue weighted by atomic mass is 10.1. The van der Waals surface area contributed by atoms with E-state index >= 15 is 0 Å². The average Bonchev–Trinajstić information content (AvgIpc) is 2.98. The quantitative estimate of drug-likeness (QED) is 0.788. The van der Waals surface area contributed by atoms with Gasteiger partial charge < -0.3 is 4.74 Å². The van der Waals surface area contributed by atoms with Gasteiger partial charge in [0, 0.05) is 24.7 Å². The zero-order valence-electron chi connectivity index (χ0n) is 9.73. The molecule has 0 atom stereocenters. The molecule has 0 spiro atoms. The number of aryl methyl sites for hydroxylation is 2. The molecular formula is C13H16N2O. The molecule has 0 aliphatic heterocycles. The van der Waals surface area contributed by atoms with Crippen LogP contribution in [0.5, 0.6) is 5.75 Å². The average molecular weight is 216 g/mol. The van der Waals surface area contributed by atoms with Gasteiger partial charge in [0.05, 0.1) is 12.1 Å². The van der Waals surface area contributed by atoms with E-state index in [2.05, 4.69) is 18.1 Å². The van der Waals surface area contributed by atoms with Crippen LogP contribution >= 0.6 is 0 Å². The van der Waals surface area contributed by atoms with Crippen molar-refractivity contribution in [3.05, 3.63) is 23.9 Å². The van der Waals surface area contributed by atoms with Crippen LogP contribution < -0.4 is 4.74 Å². The van der Waals surface area contributed by atoms with E-state index in [9.17, 15) is 0 Å². The van der Waals surface area contributed by atoms with Gasteiger partial charge in [-0.25, -0.2) is 0 Å². The minimum Gasteiger partial charge on any atom is -0.493 e. The van der Waals surface area contributed by atoms with Gasteiger partial charge in [-0.2, -0.15) is 5.10 Å². The Morgan fingerprint density at radius 2 is 2.25 bits per heavy atom. The second kappa shape index (κ2) is 3.51. The molecule has 16 heavy (non-hydrogen) atoms. The van der Waals surface area contributed by atoms with E-state index in [1.54, 1.807) is 0 Å². The van der Waals surface area contributed by atoms with Crippen molar-refractivity contribution in [1.29, 1.82) is 0 Å². The number of rotatable bonds is 3. The van der Waals surface area contributed by atoms with Gasteiger partial charge in [-0.1, -0.05) is 0 Å². The molecule has 0 unspecified atom stereocenters. The van der Waals surface area contributed by atoms with Crippen molar-refractivity contribution in [3.8, 4) is 5.75 Å². The second-order valence-corrected chi connectivity index (χ2v) is 4.73. The summed E-state index contributed by atoms with van der Waals surface area (Å²) in [7, 11) is 1.94. The van der Waals surface area contributed by atoms with Crippen molar-refractivity contribution < 1.29 is 4.74 Å². The molecular weight excluding hydrogens is 200 g/mol. The number of ether oxygens (including phenoxy) is 1. The highest BCUT2D eigenvalue weighted by Crippen LogP contribution is 2.31. The van der Waals surface area contributed by atoms with Crippen molar-refractivity contribution in [1.82, 2.24) is 9.78 Å². The second-order valence-electron chi connectivity index (χ2n) is 4.73. The molecule has 1 heterocycles. The van der Waals surface area contributed by atoms with Crippen molar-refractivity contribution in [2.75, 3.05) is 6.61 Å². The maximum atomic E-state index is 5.83. The number of benzene rings is 1. The van der Waals surface area contributed by atoms with E-state index in [0.29, 0.717) is 0 Å². The van der Waals surface area contributed by atoms with Crippen molar-refractivity contribution in [2.24, 2.45) is 13.0 Å². The zero-order valence-corrected chi connectivity index (χ0v) is 9.73. The number of hydrogen-bond donors (Lipinski definition) is 0. The van der Waals surface area contributed by atoms with Gasteiger partial charge in [-0.05, 0) is 37.3 Å². The first-order valence-corrected chi connectivity index (χ1v) is 5.79. The lowest BCUT2D eigenvalue weighted by molar-refractivity contribution is 0.298. The maximum Gasteiger partial charge on any atom is 0.124 e. The molecule has 1 aliphatic rings. The Hall–Kier alpha value is -1.51. The molecule has 0 radical (unpaired) electrons. The van der Waals surface area contributed by atoms with E-state index < -0.39 is 0 Å². The molecule has 0 bridgehead atoms. The summed E-state index contributed by atoms with van der Waals surface area (Å²) in [6.07, 6.45) is 4.68. The summed E-state index contributed by atoms with van der Waals surface area (Å²) in [5.41, 5.74) is 2.21. The van der Waals surface area contributed by atoms with Crippen LogP contribution in [0.25, 0.3) is 10.9 Å². The Bertz CT molecular complexity index is 526. The first-order chi connectivity index (χ1) is 7.72. The summed E-state index contributed by atoms with van der Waals surface area (Å²) in [6.45, 7) is 2.95. The van der Waals surface area contributed by atoms with E-state index in [4.69, 9.17) is 4.74 Å². The molecule has 0 saturated heterocycles. The van der Waals surface area contributed by atoms with Gasteiger partial charge in [0.25, 0.3) is 0 Å². The number of fused-ring (bicyclic) bond motifs is 1. The van der Waals surface area contributed by atoms with Crippen LogP contribution in [0.3, 0.4) is 0 Å². The minimum absolute atomic E-state index is 0.791. The smallest absolute Gasteiger partial charge is 0.124 e. The predicted molar refractivity (Wildman–Crippen MR) is 63.7 cm³/mol. The van der Waals surface area contributed by atoms with Gasteiger partial charge in [-0.15, -0.1) is 0 Å². The summed E-state index contributed by atoms with van der Waals surface area (Å²) in [4.78, 5) is 0. The number of nitrogens with zero attached hydrogens (tertiary/aromatic N) is 2. The predicted octanol–water partition coefficient (Wildman–Crippen LogP) is 2.67. The minimum atomic E-state index is 0.791. The van der Waals surface area contributed by atoms with Crippen LogP contribution in [0.4, 0.5) is 0 Å². The molecule has 1 aromatic heterocycles. The molecule has 3 rings (SSSR count). The van der Waals surface area contributed by atoms with Gasteiger partial charge in [-0.3, -0.25) is 4.68 Å². The number of aromatic nitrogens is 2. The summed E-state index contributed by atoms with van der Waals surface area (Å²) >= 11 is 0. The Labute approximate surface area is 95.0 Å². The Morgan fingerprint density at radius 1 is 1.44 bits per heavy atom. The summed E-state index contributed by atoms with van der Waals surface area (Å²) in [6, 6.07) is 4.19. The molecule has 3 heteroatoms. The Kier molecular flexibility index (Phi) is 2.13. The van der Waals surface area contributed by atoms with Gasteiger partial charge >= 0.3 is 0 Å². The molecule has 2 aromatic rings. The molecule has 1 fully saturated rings. The highest BCUT2D eigenvalue weighted by molar-refractivity contribution is 5.80. The molecule has 0 amide bonds. The lowest BCUT2D eigenvalue weighted by Gasteiger charge is -2.08. The molecule has 0 N–H and O–H groups in total. The first kappa shape index (κ1) is 9.70. The Balaban J connectivity index is 1.92. The standard InChI is InChI=1S/C13H16N2O/c1-9-5-11-7-15(2)14-12(11)6-13(9)16-8-10-3-4-10/h5-7,10H,3-4,8H2,1-2H3. The highest BCUT2D eigenvalue weighted by Gasteiger charge is 2.22. The fraction of sp³-hybridized carbons (Fsp3) is 0.462. The maximum absolute atomic E-state index is 5.83. The van der Waals surface area contributed by atoms with Gasteiger partial charge in [0.2, 0.25) is 0 Å². The van der Waals surface area contributed by atoms with Crippen LogP contribution in [0.2, 0.25) is 0 Å². The van der Waals surface area contributed by atoms with Crippen molar-refractivity contribution >= 4 is 10.9 Å². The van der Waals surface area contributed by atoms with E-state index in [1.165, 1.54) is 23.8 Å². The third-order valence-corrected chi connectivity index (χ3v) is 3.09. The van der Waals surface area contributed by atoms with Crippen molar-refractivity contribution in [3.63, 3.8) is 0 Å². The van der Waals surface area contributed by atoms with Crippen LogP contribution in [0.15, 0.2) is 18.3 Å². The normalized spacial score (nSPS) is 15.6. The summed E-state index contributed by atoms with van der Waals surface area (Å²) in [5.74, 6) is 1.77. The molecule has 1 saturated carbocycles. The topological polar surface area (TPSA) is 27.1 Å². The third kappa shape index (κ3) is 1.77. The van der Waals surface area contributed by atoms with Crippen LogP contribution in [-0.2, 0) is 7.05 Å². The van der Waals surface area contributed by atoms with Crippen LogP contribution in [0, 0.1) is 12.8 Å². The van der Waals surface area contributed by atoms with E-state index in [1.807, 2.05) is 24.0 Å². The van der Waals surface area contributed by atoms with Gasteiger partial charge in [0.1, 0.15) is 5.75 Å². The lowest BCUT2D eigenvalue weighted by Crippen LogP contribution is -2.00. The fourth-order valence-electron chi connectivity index (χ4n) is 1.94. The fourth-order valence-corrected chi connectivity index (χ4v) is 1.94. The van der Waals surface area contributed by atoms with Gasteiger partial charge in [0.15, 0.2) is 0 Å². The Morgan fingerprint density at radius 3 is 3.00 bits per heavy atom. The number of hydrogen-bond acceptors (Lipinski definition) is 2. The molecule has 1 aliphatic carbocycles. The zero-order chi connectivity index (χ0) is 11.1. The van der Waals surface area contributed by atoms with Crippen molar-refractivity contribution in [2.45, 2.75) is 19.8 Å². The molecule has 84 valence electrons. The monoisotopic (exact) mass is 216 g/mol. The third-order valence-electron chi connectivity index (χ3n) is 3.09. The summed E-state index contributed by atoms with van der Waals surface area (Å²) < 4.78 is 7.67. The molecule has 1 aromatic carbocycles. The largest absolute Gasteiger partial charge is 0.493 e. The summed E-state index contributed by atoms with van der Waals surface area (Å²) in [5, 5.41) is 5.57. The first-order valence-electron chi connectivity index (χ1n) is 5.79. The highest BCUT2D eigenvalue weighted by atomic mass is 16.5. The van der Waals surface area contributed by atoms with Crippen LogP contribution in [0.1, 0.15) is 18.4 Å².